The van der Waals surface area contributed by atoms with Crippen molar-refractivity contribution in [1.82, 2.24) is 0 Å². The number of unbranched alkanes of at least 4 members (excludes halogenated alkanes) is 20. The summed E-state index contributed by atoms with van der Waals surface area (Å²) in [5, 5.41) is 3.76. The van der Waals surface area contributed by atoms with Crippen molar-refractivity contribution in [2.75, 3.05) is 0 Å². The van der Waals surface area contributed by atoms with Gasteiger partial charge in [0.05, 0.1) is 9.79 Å². The van der Waals surface area contributed by atoms with E-state index in [0.717, 1.165) is 58.4 Å². The molecule has 0 aliphatic carbocycles. The van der Waals surface area contributed by atoms with E-state index in [0.29, 0.717) is 0 Å². The third-order valence-electron chi connectivity index (χ3n) is 10.6. The number of aryl methyl sites for hydroxylation is 2. The van der Waals surface area contributed by atoms with Gasteiger partial charge in [-0.15, -0.1) is 0 Å². The van der Waals surface area contributed by atoms with Crippen molar-refractivity contribution >= 4 is 79.5 Å². The van der Waals surface area contributed by atoms with E-state index in [-0.39, 0.29) is 47.5 Å². The Morgan fingerprint density at radius 3 is 0.982 bits per heavy atom. The van der Waals surface area contributed by atoms with Crippen LogP contribution < -0.4 is 0 Å². The van der Waals surface area contributed by atoms with Gasteiger partial charge in [-0.25, -0.2) is 16.8 Å². The van der Waals surface area contributed by atoms with E-state index in [1.807, 2.05) is 36.4 Å². The second kappa shape index (κ2) is 28.0. The monoisotopic (exact) mass is 818 g/mol. The van der Waals surface area contributed by atoms with Gasteiger partial charge in [-0.1, -0.05) is 191 Å². The second-order valence-electron chi connectivity index (χ2n) is 15.1. The van der Waals surface area contributed by atoms with Crippen LogP contribution in [0.5, 0.6) is 0 Å². The molecule has 300 valence electrons. The van der Waals surface area contributed by atoms with Crippen LogP contribution in [0.3, 0.4) is 0 Å². The molecule has 0 aromatic heterocycles. The quantitative estimate of drug-likeness (QED) is 0.0354. The van der Waals surface area contributed by atoms with Crippen molar-refractivity contribution < 1.29 is 25.9 Å². The summed E-state index contributed by atoms with van der Waals surface area (Å²) >= 11 is 0. The van der Waals surface area contributed by atoms with Crippen LogP contribution in [0.15, 0.2) is 82.6 Å². The molecule has 4 aromatic carbocycles. The molecular formula is C46H66CaO6S2. The van der Waals surface area contributed by atoms with E-state index < -0.39 is 20.2 Å². The third-order valence-corrected chi connectivity index (χ3v) is 12.2. The summed E-state index contributed by atoms with van der Waals surface area (Å²) < 4.78 is 67.7. The first kappa shape index (κ1) is 49.6. The number of hydrogen-bond donors (Lipinski definition) is 0. The topological polar surface area (TPSA) is 114 Å². The molecule has 0 heterocycles. The standard InChI is InChI=1S/2C23H34O3S.Ca/c2*1-2-3-4-5-6-7-8-9-10-11-12-14-20-15-13-16-21-17-18-22(19-23(20)21)27(24,25)26;/h2*13,15-19H,2-12,14H2,1H3,(H,24,25,26);/q;;+2/p-2. The molecule has 9 heteroatoms. The number of hydrogen-bond acceptors (Lipinski definition) is 6. The third kappa shape index (κ3) is 19.7. The molecule has 0 aliphatic rings. The zero-order valence-corrected chi connectivity index (χ0v) is 37.7. The molecule has 55 heavy (non-hydrogen) atoms. The van der Waals surface area contributed by atoms with Crippen LogP contribution in [0.1, 0.15) is 166 Å². The Balaban J connectivity index is 0.000000373. The van der Waals surface area contributed by atoms with Gasteiger partial charge in [0.15, 0.2) is 0 Å². The molecule has 0 aliphatic heterocycles. The first-order valence-corrected chi connectivity index (χ1v) is 23.8. The fourth-order valence-electron chi connectivity index (χ4n) is 7.34. The van der Waals surface area contributed by atoms with E-state index in [2.05, 4.69) is 13.8 Å². The van der Waals surface area contributed by atoms with E-state index in [1.165, 1.54) is 153 Å². The molecule has 0 unspecified atom stereocenters. The average Bonchev–Trinajstić information content (AvgIpc) is 3.15. The Labute approximate surface area is 364 Å². The minimum absolute atomic E-state index is 0. The van der Waals surface area contributed by atoms with Crippen LogP contribution in [-0.4, -0.2) is 63.7 Å². The first-order chi connectivity index (χ1) is 26.0. The van der Waals surface area contributed by atoms with Crippen LogP contribution >= 0.6 is 0 Å². The minimum Gasteiger partial charge on any atom is -0.744 e. The van der Waals surface area contributed by atoms with Crippen molar-refractivity contribution in [3.63, 3.8) is 0 Å². The van der Waals surface area contributed by atoms with Crippen molar-refractivity contribution in [3.05, 3.63) is 83.9 Å². The van der Waals surface area contributed by atoms with E-state index in [4.69, 9.17) is 0 Å². The van der Waals surface area contributed by atoms with Crippen molar-refractivity contribution in [3.8, 4) is 0 Å². The van der Waals surface area contributed by atoms with Crippen LogP contribution in [0.2, 0.25) is 0 Å². The molecule has 0 bridgehead atoms. The van der Waals surface area contributed by atoms with Crippen molar-refractivity contribution in [1.29, 1.82) is 0 Å². The maximum absolute atomic E-state index is 11.3. The van der Waals surface area contributed by atoms with E-state index in [1.54, 1.807) is 12.1 Å². The summed E-state index contributed by atoms with van der Waals surface area (Å²) in [4.78, 5) is -0.275. The number of fused-ring (bicyclic) bond motifs is 2. The second-order valence-corrected chi connectivity index (χ2v) is 17.8. The van der Waals surface area contributed by atoms with Gasteiger partial charge in [-0.2, -0.15) is 0 Å². The fourth-order valence-corrected chi connectivity index (χ4v) is 8.33. The molecule has 4 aromatic rings. The van der Waals surface area contributed by atoms with Gasteiger partial charge in [0.2, 0.25) is 0 Å². The molecule has 0 N–H and O–H groups in total. The summed E-state index contributed by atoms with van der Waals surface area (Å²) in [5.41, 5.74) is 2.27. The van der Waals surface area contributed by atoms with Crippen molar-refractivity contribution in [2.45, 2.75) is 178 Å². The normalized spacial score (nSPS) is 11.7. The Morgan fingerprint density at radius 1 is 0.400 bits per heavy atom. The Hall–Kier alpha value is -1.52. The molecular weight excluding hydrogens is 753 g/mol. The predicted octanol–water partition coefficient (Wildman–Crippen LogP) is 12.8. The van der Waals surface area contributed by atoms with E-state index in [9.17, 15) is 25.9 Å². The summed E-state index contributed by atoms with van der Waals surface area (Å²) in [5.74, 6) is 0. The largest absolute Gasteiger partial charge is 2.00 e. The van der Waals surface area contributed by atoms with Crippen LogP contribution in [0.25, 0.3) is 21.5 Å². The molecule has 0 saturated carbocycles. The smallest absolute Gasteiger partial charge is 0.744 e. The summed E-state index contributed by atoms with van der Waals surface area (Å²) in [6.45, 7) is 4.51. The maximum atomic E-state index is 11.3. The predicted molar refractivity (Wildman–Crippen MR) is 230 cm³/mol. The van der Waals surface area contributed by atoms with Gasteiger partial charge >= 0.3 is 37.7 Å². The molecule has 0 atom stereocenters. The Kier molecular flexibility index (Phi) is 25.3. The minimum atomic E-state index is -4.41. The van der Waals surface area contributed by atoms with Crippen LogP contribution in [0, 0.1) is 0 Å². The zero-order valence-electron chi connectivity index (χ0n) is 33.9. The van der Waals surface area contributed by atoms with Gasteiger partial charge in [0.1, 0.15) is 20.2 Å². The fraction of sp³-hybridized carbons (Fsp3) is 0.565. The molecule has 0 saturated heterocycles. The summed E-state index contributed by atoms with van der Waals surface area (Å²) in [6, 6.07) is 21.3. The molecule has 6 nitrogen and oxygen atoms in total. The Morgan fingerprint density at radius 2 is 0.691 bits per heavy atom. The number of benzene rings is 4. The molecule has 0 spiro atoms. The molecule has 0 amide bonds. The summed E-state index contributed by atoms with van der Waals surface area (Å²) in [6.07, 6.45) is 30.7. The van der Waals surface area contributed by atoms with Crippen molar-refractivity contribution in [2.24, 2.45) is 0 Å². The zero-order chi connectivity index (χ0) is 39.1. The maximum Gasteiger partial charge on any atom is 2.00 e. The first-order valence-electron chi connectivity index (χ1n) is 21.0. The van der Waals surface area contributed by atoms with Gasteiger partial charge in [0, 0.05) is 0 Å². The Bertz CT molecular complexity index is 1740. The van der Waals surface area contributed by atoms with Gasteiger partial charge in [0.25, 0.3) is 0 Å². The molecule has 0 fully saturated rings. The van der Waals surface area contributed by atoms with Gasteiger partial charge in [-0.3, -0.25) is 0 Å². The van der Waals surface area contributed by atoms with Gasteiger partial charge in [-0.05, 0) is 82.6 Å². The summed E-state index contributed by atoms with van der Waals surface area (Å²) in [7, 11) is -8.81. The molecule has 0 radical (unpaired) electrons. The van der Waals surface area contributed by atoms with Crippen LogP contribution in [0.4, 0.5) is 0 Å². The van der Waals surface area contributed by atoms with Gasteiger partial charge < -0.3 is 9.11 Å². The SMILES string of the molecule is CCCCCCCCCCCCCc1cccc2ccc(S(=O)(=O)[O-])cc12.CCCCCCCCCCCCCc1cccc2ccc(S(=O)(=O)[O-])cc12.[Ca+2]. The van der Waals surface area contributed by atoms with Crippen LogP contribution in [-0.2, 0) is 33.1 Å². The van der Waals surface area contributed by atoms with E-state index >= 15 is 0 Å². The number of rotatable bonds is 26. The average molecular weight is 819 g/mol. The molecule has 4 rings (SSSR count).